The van der Waals surface area contributed by atoms with Crippen LogP contribution in [0.4, 0.5) is 4.79 Å². The lowest BCUT2D eigenvalue weighted by Crippen LogP contribution is -2.54. The van der Waals surface area contributed by atoms with Crippen LogP contribution in [-0.4, -0.2) is 72.2 Å². The van der Waals surface area contributed by atoms with Crippen molar-refractivity contribution in [2.75, 3.05) is 33.4 Å². The first-order valence-corrected chi connectivity index (χ1v) is 6.92. The maximum atomic E-state index is 12.5. The van der Waals surface area contributed by atoms with Gasteiger partial charge in [0.1, 0.15) is 6.54 Å². The molecule has 0 aromatic heterocycles. The molecule has 2 atom stereocenters. The van der Waals surface area contributed by atoms with Crippen molar-refractivity contribution >= 4 is 17.9 Å². The molecule has 0 radical (unpaired) electrons. The number of primary amides is 1. The molecule has 1 rings (SSSR count). The summed E-state index contributed by atoms with van der Waals surface area (Å²) in [6.07, 6.45) is 1.32. The van der Waals surface area contributed by atoms with Gasteiger partial charge < -0.3 is 25.4 Å². The van der Waals surface area contributed by atoms with E-state index in [0.717, 1.165) is 0 Å². The summed E-state index contributed by atoms with van der Waals surface area (Å²) in [5.74, 6) is -1.89. The Labute approximate surface area is 123 Å². The summed E-state index contributed by atoms with van der Waals surface area (Å²) in [6.45, 7) is 2.15. The Morgan fingerprint density at radius 3 is 2.57 bits per heavy atom. The molecule has 1 aliphatic rings. The molecule has 0 aliphatic carbocycles. The molecule has 1 aliphatic heterocycles. The van der Waals surface area contributed by atoms with E-state index in [-0.39, 0.29) is 31.7 Å². The molecule has 0 aromatic carbocycles. The molecule has 3 amide bonds. The van der Waals surface area contributed by atoms with Gasteiger partial charge in [0.2, 0.25) is 5.91 Å². The largest absolute Gasteiger partial charge is 0.480 e. The van der Waals surface area contributed by atoms with Crippen LogP contribution in [0.3, 0.4) is 0 Å². The zero-order valence-electron chi connectivity index (χ0n) is 12.4. The maximum Gasteiger partial charge on any atom is 0.323 e. The van der Waals surface area contributed by atoms with Gasteiger partial charge in [-0.3, -0.25) is 9.59 Å². The second-order valence-corrected chi connectivity index (χ2v) is 5.27. The van der Waals surface area contributed by atoms with Gasteiger partial charge in [-0.05, 0) is 19.8 Å². The zero-order chi connectivity index (χ0) is 16.0. The Morgan fingerprint density at radius 2 is 2.05 bits per heavy atom. The molecule has 8 nitrogen and oxygen atoms in total. The smallest absolute Gasteiger partial charge is 0.323 e. The number of rotatable bonds is 6. The van der Waals surface area contributed by atoms with Crippen molar-refractivity contribution in [2.45, 2.75) is 25.8 Å². The third-order valence-electron chi connectivity index (χ3n) is 3.69. The van der Waals surface area contributed by atoms with Gasteiger partial charge in [0.15, 0.2) is 0 Å². The fraction of sp³-hybridized carbons (Fsp3) is 0.769. The van der Waals surface area contributed by atoms with Crippen molar-refractivity contribution < 1.29 is 24.2 Å². The summed E-state index contributed by atoms with van der Waals surface area (Å²) in [5, 5.41) is 8.91. The highest BCUT2D eigenvalue weighted by molar-refractivity contribution is 5.82. The van der Waals surface area contributed by atoms with E-state index >= 15 is 0 Å². The standard InChI is InChI=1S/C13H23N3O5/c1-9-3-4-10(12(14)19)7-16(9)13(20)15(5-6-21-2)8-11(17)18/h9-10H,3-8H2,1-2H3,(H2,14,19)(H,17,18). The minimum Gasteiger partial charge on any atom is -0.480 e. The number of amides is 3. The molecule has 120 valence electrons. The van der Waals surface area contributed by atoms with E-state index in [1.54, 1.807) is 0 Å². The number of nitrogens with two attached hydrogens (primary N) is 1. The molecule has 21 heavy (non-hydrogen) atoms. The van der Waals surface area contributed by atoms with Gasteiger partial charge in [-0.15, -0.1) is 0 Å². The molecule has 2 unspecified atom stereocenters. The lowest BCUT2D eigenvalue weighted by atomic mass is 9.93. The minimum atomic E-state index is -1.09. The van der Waals surface area contributed by atoms with Crippen LogP contribution in [0.1, 0.15) is 19.8 Å². The summed E-state index contributed by atoms with van der Waals surface area (Å²) in [4.78, 5) is 37.4. The topological polar surface area (TPSA) is 113 Å². The number of hydrogen-bond donors (Lipinski definition) is 2. The Hall–Kier alpha value is -1.83. The lowest BCUT2D eigenvalue weighted by Gasteiger charge is -2.39. The van der Waals surface area contributed by atoms with E-state index in [1.165, 1.54) is 16.9 Å². The number of aliphatic carboxylic acids is 1. The quantitative estimate of drug-likeness (QED) is 0.701. The predicted molar refractivity (Wildman–Crippen MR) is 74.6 cm³/mol. The van der Waals surface area contributed by atoms with Crippen molar-refractivity contribution in [1.82, 2.24) is 9.80 Å². The van der Waals surface area contributed by atoms with Crippen molar-refractivity contribution in [2.24, 2.45) is 11.7 Å². The first-order valence-electron chi connectivity index (χ1n) is 6.92. The highest BCUT2D eigenvalue weighted by Gasteiger charge is 2.34. The summed E-state index contributed by atoms with van der Waals surface area (Å²) >= 11 is 0. The average molecular weight is 301 g/mol. The van der Waals surface area contributed by atoms with E-state index in [1.807, 2.05) is 6.92 Å². The number of methoxy groups -OCH3 is 1. The second-order valence-electron chi connectivity index (χ2n) is 5.27. The number of urea groups is 1. The highest BCUT2D eigenvalue weighted by Crippen LogP contribution is 2.22. The van der Waals surface area contributed by atoms with Crippen LogP contribution in [0.2, 0.25) is 0 Å². The fourth-order valence-electron chi connectivity index (χ4n) is 2.39. The first kappa shape index (κ1) is 17.2. The second kappa shape index (κ2) is 7.82. The molecule has 8 heteroatoms. The number of carboxylic acids is 1. The van der Waals surface area contributed by atoms with Crippen LogP contribution < -0.4 is 5.73 Å². The number of carbonyl (C=O) groups is 3. The third kappa shape index (κ3) is 4.89. The SMILES string of the molecule is COCCN(CC(=O)O)C(=O)N1CC(C(N)=O)CCC1C. The molecular weight excluding hydrogens is 278 g/mol. The number of piperidine rings is 1. The number of likely N-dealkylation sites (tertiary alicyclic amines) is 1. The number of carbonyl (C=O) groups excluding carboxylic acids is 2. The lowest BCUT2D eigenvalue weighted by molar-refractivity contribution is -0.138. The normalized spacial score (nSPS) is 21.9. The summed E-state index contributed by atoms with van der Waals surface area (Å²) < 4.78 is 4.90. The molecule has 0 bridgehead atoms. The number of hydrogen-bond acceptors (Lipinski definition) is 4. The van der Waals surface area contributed by atoms with Crippen LogP contribution in [-0.2, 0) is 14.3 Å². The van der Waals surface area contributed by atoms with Crippen molar-refractivity contribution in [3.05, 3.63) is 0 Å². The summed E-state index contributed by atoms with van der Waals surface area (Å²) in [6, 6.07) is -0.445. The fourth-order valence-corrected chi connectivity index (χ4v) is 2.39. The average Bonchev–Trinajstić information content (AvgIpc) is 2.42. The molecule has 1 saturated heterocycles. The zero-order valence-corrected chi connectivity index (χ0v) is 12.4. The minimum absolute atomic E-state index is 0.0491. The summed E-state index contributed by atoms with van der Waals surface area (Å²) in [7, 11) is 1.48. The van der Waals surface area contributed by atoms with Crippen molar-refractivity contribution in [3.8, 4) is 0 Å². The van der Waals surface area contributed by atoms with Gasteiger partial charge in [-0.2, -0.15) is 0 Å². The van der Waals surface area contributed by atoms with Crippen LogP contribution >= 0.6 is 0 Å². The van der Waals surface area contributed by atoms with Crippen LogP contribution in [0.25, 0.3) is 0 Å². The molecular formula is C13H23N3O5. The van der Waals surface area contributed by atoms with Crippen molar-refractivity contribution in [3.63, 3.8) is 0 Å². The summed E-state index contributed by atoms with van der Waals surface area (Å²) in [5.41, 5.74) is 5.31. The molecule has 0 aromatic rings. The highest BCUT2D eigenvalue weighted by atomic mass is 16.5. The predicted octanol–water partition coefficient (Wildman–Crippen LogP) is -0.275. The molecule has 0 spiro atoms. The van der Waals surface area contributed by atoms with E-state index < -0.39 is 24.5 Å². The molecule has 1 fully saturated rings. The van der Waals surface area contributed by atoms with E-state index in [0.29, 0.717) is 12.8 Å². The molecule has 1 heterocycles. The number of carboxylic acid groups (broad SMARTS) is 1. The number of ether oxygens (including phenoxy) is 1. The van der Waals surface area contributed by atoms with E-state index in [9.17, 15) is 14.4 Å². The van der Waals surface area contributed by atoms with Gasteiger partial charge in [0.05, 0.1) is 12.5 Å². The Kier molecular flexibility index (Phi) is 6.41. The Morgan fingerprint density at radius 1 is 1.38 bits per heavy atom. The van der Waals surface area contributed by atoms with Crippen LogP contribution in [0.5, 0.6) is 0 Å². The van der Waals surface area contributed by atoms with Gasteiger partial charge >= 0.3 is 12.0 Å². The monoisotopic (exact) mass is 301 g/mol. The molecule has 3 N–H and O–H groups in total. The van der Waals surface area contributed by atoms with Gasteiger partial charge in [0.25, 0.3) is 0 Å². The van der Waals surface area contributed by atoms with Gasteiger partial charge in [-0.25, -0.2) is 4.79 Å². The maximum absolute atomic E-state index is 12.5. The third-order valence-corrected chi connectivity index (χ3v) is 3.69. The van der Waals surface area contributed by atoms with E-state index in [4.69, 9.17) is 15.6 Å². The van der Waals surface area contributed by atoms with Gasteiger partial charge in [-0.1, -0.05) is 0 Å². The Bertz CT molecular complexity index is 401. The van der Waals surface area contributed by atoms with Gasteiger partial charge in [0, 0.05) is 26.2 Å². The van der Waals surface area contributed by atoms with Crippen LogP contribution in [0, 0.1) is 5.92 Å². The Balaban J connectivity index is 2.78. The molecule has 0 saturated carbocycles. The van der Waals surface area contributed by atoms with Crippen LogP contribution in [0.15, 0.2) is 0 Å². The first-order chi connectivity index (χ1) is 9.86. The number of nitrogens with zero attached hydrogens (tertiary/aromatic N) is 2. The van der Waals surface area contributed by atoms with Crippen molar-refractivity contribution in [1.29, 1.82) is 0 Å². The van der Waals surface area contributed by atoms with E-state index in [2.05, 4.69) is 0 Å².